The molecule has 0 aromatic heterocycles. The van der Waals surface area contributed by atoms with Gasteiger partial charge in [-0.25, -0.2) is 4.39 Å². The minimum Gasteiger partial charge on any atom is -0.495 e. The second-order valence-electron chi connectivity index (χ2n) is 4.30. The molecule has 1 N–H and O–H groups in total. The number of halogens is 2. The van der Waals surface area contributed by atoms with E-state index < -0.39 is 5.82 Å². The first-order chi connectivity index (χ1) is 7.58. The van der Waals surface area contributed by atoms with Crippen LogP contribution in [-0.2, 0) is 5.54 Å². The summed E-state index contributed by atoms with van der Waals surface area (Å²) in [4.78, 5) is 0. The number of hydrogen-bond donors (Lipinski definition) is 1. The molecule has 1 saturated heterocycles. The molecule has 0 amide bonds. The van der Waals surface area contributed by atoms with Crippen LogP contribution in [0.1, 0.15) is 25.3 Å². The van der Waals surface area contributed by atoms with Crippen LogP contribution in [0.5, 0.6) is 5.75 Å². The van der Waals surface area contributed by atoms with E-state index in [4.69, 9.17) is 16.3 Å². The molecule has 0 saturated carbocycles. The van der Waals surface area contributed by atoms with E-state index in [1.54, 1.807) is 6.07 Å². The first-order valence-corrected chi connectivity index (χ1v) is 5.74. The summed E-state index contributed by atoms with van der Waals surface area (Å²) in [6.07, 6.45) is 2.11. The van der Waals surface area contributed by atoms with Gasteiger partial charge in [-0.2, -0.15) is 0 Å². The molecule has 0 aliphatic carbocycles. The Labute approximate surface area is 99.7 Å². The van der Waals surface area contributed by atoms with Crippen molar-refractivity contribution in [3.63, 3.8) is 0 Å². The summed E-state index contributed by atoms with van der Waals surface area (Å²) in [5.41, 5.74) is 0.766. The Kier molecular flexibility index (Phi) is 3.08. The van der Waals surface area contributed by atoms with Crippen molar-refractivity contribution < 1.29 is 9.13 Å². The zero-order valence-electron chi connectivity index (χ0n) is 9.44. The third kappa shape index (κ3) is 1.78. The number of methoxy groups -OCH3 is 1. The Morgan fingerprint density at radius 1 is 1.50 bits per heavy atom. The molecule has 2 rings (SSSR count). The van der Waals surface area contributed by atoms with Gasteiger partial charge in [0.05, 0.1) is 7.11 Å². The molecule has 1 aliphatic rings. The molecule has 1 unspecified atom stereocenters. The lowest BCUT2D eigenvalue weighted by Crippen LogP contribution is -2.33. The fourth-order valence-electron chi connectivity index (χ4n) is 2.29. The molecule has 0 bridgehead atoms. The van der Waals surface area contributed by atoms with Crippen molar-refractivity contribution in [1.29, 1.82) is 0 Å². The second-order valence-corrected chi connectivity index (χ2v) is 4.68. The normalized spacial score (nSPS) is 24.8. The fraction of sp³-hybridized carbons (Fsp3) is 0.500. The van der Waals surface area contributed by atoms with E-state index in [9.17, 15) is 4.39 Å². The Morgan fingerprint density at radius 2 is 2.25 bits per heavy atom. The van der Waals surface area contributed by atoms with Crippen molar-refractivity contribution in [2.75, 3.05) is 13.7 Å². The lowest BCUT2D eigenvalue weighted by atomic mass is 9.89. The molecule has 1 heterocycles. The summed E-state index contributed by atoms with van der Waals surface area (Å²) in [5, 5.41) is 3.47. The van der Waals surface area contributed by atoms with E-state index in [-0.39, 0.29) is 10.6 Å². The highest BCUT2D eigenvalue weighted by Gasteiger charge is 2.33. The molecule has 0 spiro atoms. The van der Waals surface area contributed by atoms with Crippen LogP contribution in [0.15, 0.2) is 12.1 Å². The summed E-state index contributed by atoms with van der Waals surface area (Å²) in [6.45, 7) is 3.06. The summed E-state index contributed by atoms with van der Waals surface area (Å²) in [7, 11) is 1.52. The van der Waals surface area contributed by atoms with E-state index in [1.165, 1.54) is 13.2 Å². The standard InChI is InChI=1S/C12H15ClFNO/c1-12(6-3-7-15-12)8-4-5-9(14)10(13)11(8)16-2/h4-5,15H,3,6-7H2,1-2H3. The maximum absolute atomic E-state index is 13.3. The monoisotopic (exact) mass is 243 g/mol. The Balaban J connectivity index is 2.52. The third-order valence-electron chi connectivity index (χ3n) is 3.22. The van der Waals surface area contributed by atoms with E-state index in [2.05, 4.69) is 12.2 Å². The summed E-state index contributed by atoms with van der Waals surface area (Å²) < 4.78 is 18.5. The second kappa shape index (κ2) is 4.22. The van der Waals surface area contributed by atoms with Crippen LogP contribution < -0.4 is 10.1 Å². The maximum Gasteiger partial charge on any atom is 0.145 e. The van der Waals surface area contributed by atoms with Crippen molar-refractivity contribution >= 4 is 11.6 Å². The zero-order chi connectivity index (χ0) is 11.8. The van der Waals surface area contributed by atoms with Gasteiger partial charge < -0.3 is 10.1 Å². The molecule has 2 nitrogen and oxygen atoms in total. The number of hydrogen-bond acceptors (Lipinski definition) is 2. The van der Waals surface area contributed by atoms with Crippen LogP contribution in [-0.4, -0.2) is 13.7 Å². The van der Waals surface area contributed by atoms with Crippen LogP contribution >= 0.6 is 11.6 Å². The molecule has 1 aromatic rings. The van der Waals surface area contributed by atoms with Crippen LogP contribution in [0.3, 0.4) is 0 Å². The zero-order valence-corrected chi connectivity index (χ0v) is 10.2. The molecule has 1 atom stereocenters. The first-order valence-electron chi connectivity index (χ1n) is 5.36. The highest BCUT2D eigenvalue weighted by molar-refractivity contribution is 6.32. The Bertz CT molecular complexity index is 402. The molecule has 1 fully saturated rings. The van der Waals surface area contributed by atoms with Gasteiger partial charge in [0.25, 0.3) is 0 Å². The minimum atomic E-state index is -0.441. The predicted molar refractivity (Wildman–Crippen MR) is 62.6 cm³/mol. The third-order valence-corrected chi connectivity index (χ3v) is 3.57. The number of nitrogens with one attached hydrogen (secondary N) is 1. The van der Waals surface area contributed by atoms with Crippen molar-refractivity contribution in [3.8, 4) is 5.75 Å². The summed E-state index contributed by atoms with van der Waals surface area (Å²) in [5.74, 6) is 0.00225. The van der Waals surface area contributed by atoms with Gasteiger partial charge in [0.1, 0.15) is 16.6 Å². The highest BCUT2D eigenvalue weighted by Crippen LogP contribution is 2.40. The van der Waals surface area contributed by atoms with Gasteiger partial charge >= 0.3 is 0 Å². The van der Waals surface area contributed by atoms with Gasteiger partial charge in [0, 0.05) is 11.1 Å². The van der Waals surface area contributed by atoms with Gasteiger partial charge in [-0.05, 0) is 32.4 Å². The van der Waals surface area contributed by atoms with Crippen molar-refractivity contribution in [3.05, 3.63) is 28.5 Å². The van der Waals surface area contributed by atoms with Gasteiger partial charge in [0.15, 0.2) is 0 Å². The molecule has 1 aromatic carbocycles. The lowest BCUT2D eigenvalue weighted by Gasteiger charge is -2.27. The average Bonchev–Trinajstić information content (AvgIpc) is 2.70. The Hall–Kier alpha value is -0.800. The smallest absolute Gasteiger partial charge is 0.145 e. The number of benzene rings is 1. The first kappa shape index (κ1) is 11.7. The van der Waals surface area contributed by atoms with Gasteiger partial charge in [0.2, 0.25) is 0 Å². The molecule has 16 heavy (non-hydrogen) atoms. The van der Waals surface area contributed by atoms with Crippen LogP contribution in [0, 0.1) is 5.82 Å². The lowest BCUT2D eigenvalue weighted by molar-refractivity contribution is 0.368. The van der Waals surface area contributed by atoms with Gasteiger partial charge in [-0.15, -0.1) is 0 Å². The minimum absolute atomic E-state index is 0.0647. The SMILES string of the molecule is COc1c(C2(C)CCCN2)ccc(F)c1Cl. The summed E-state index contributed by atoms with van der Waals surface area (Å²) in [6, 6.07) is 3.14. The van der Waals surface area contributed by atoms with Gasteiger partial charge in [-0.1, -0.05) is 17.7 Å². The molecule has 88 valence electrons. The maximum atomic E-state index is 13.3. The van der Waals surface area contributed by atoms with Crippen LogP contribution in [0.4, 0.5) is 4.39 Å². The fourth-order valence-corrected chi connectivity index (χ4v) is 2.53. The van der Waals surface area contributed by atoms with Crippen molar-refractivity contribution in [1.82, 2.24) is 5.32 Å². The molecular weight excluding hydrogens is 229 g/mol. The van der Waals surface area contributed by atoms with E-state index in [0.717, 1.165) is 24.9 Å². The quantitative estimate of drug-likeness (QED) is 0.862. The number of ether oxygens (including phenoxy) is 1. The number of rotatable bonds is 2. The Morgan fingerprint density at radius 3 is 2.81 bits per heavy atom. The van der Waals surface area contributed by atoms with Crippen molar-refractivity contribution in [2.24, 2.45) is 0 Å². The highest BCUT2D eigenvalue weighted by atomic mass is 35.5. The van der Waals surface area contributed by atoms with E-state index in [0.29, 0.717) is 5.75 Å². The molecule has 0 radical (unpaired) electrons. The van der Waals surface area contributed by atoms with Crippen LogP contribution in [0.2, 0.25) is 5.02 Å². The molecule has 1 aliphatic heterocycles. The van der Waals surface area contributed by atoms with E-state index in [1.807, 2.05) is 0 Å². The largest absolute Gasteiger partial charge is 0.495 e. The van der Waals surface area contributed by atoms with Crippen molar-refractivity contribution in [2.45, 2.75) is 25.3 Å². The summed E-state index contributed by atoms with van der Waals surface area (Å²) >= 11 is 5.91. The average molecular weight is 244 g/mol. The van der Waals surface area contributed by atoms with Gasteiger partial charge in [-0.3, -0.25) is 0 Å². The van der Waals surface area contributed by atoms with E-state index >= 15 is 0 Å². The van der Waals surface area contributed by atoms with Crippen LogP contribution in [0.25, 0.3) is 0 Å². The predicted octanol–water partition coefficient (Wildman–Crippen LogP) is 3.09. The molecular formula is C12H15ClFNO. The topological polar surface area (TPSA) is 21.3 Å². The molecule has 4 heteroatoms.